The molecule has 1 aliphatic rings. The summed E-state index contributed by atoms with van der Waals surface area (Å²) in [6.45, 7) is 0.841. The van der Waals surface area contributed by atoms with Crippen molar-refractivity contribution < 1.29 is 27.1 Å². The molecule has 14 heteroatoms. The van der Waals surface area contributed by atoms with Gasteiger partial charge in [-0.15, -0.1) is 0 Å². The molecule has 0 bridgehead atoms. The lowest BCUT2D eigenvalue weighted by Crippen LogP contribution is -2.41. The van der Waals surface area contributed by atoms with Crippen LogP contribution < -0.4 is 15.8 Å². The highest BCUT2D eigenvalue weighted by atomic mass is 19.4. The summed E-state index contributed by atoms with van der Waals surface area (Å²) < 4.78 is 62.2. The van der Waals surface area contributed by atoms with E-state index >= 15 is 0 Å². The maximum atomic E-state index is 14.8. The highest BCUT2D eigenvalue weighted by Crippen LogP contribution is 2.39. The molecular formula is C24H22F4N8O2. The number of rotatable bonds is 6. The van der Waals surface area contributed by atoms with Crippen molar-refractivity contribution in [2.75, 3.05) is 25.9 Å². The van der Waals surface area contributed by atoms with Crippen LogP contribution in [0.1, 0.15) is 21.5 Å². The van der Waals surface area contributed by atoms with Gasteiger partial charge in [-0.2, -0.15) is 18.3 Å². The van der Waals surface area contributed by atoms with Crippen molar-refractivity contribution >= 4 is 17.2 Å². The van der Waals surface area contributed by atoms with Gasteiger partial charge in [0.05, 0.1) is 24.4 Å². The van der Waals surface area contributed by atoms with Gasteiger partial charge in [0.2, 0.25) is 5.88 Å². The molecule has 1 amide bonds. The summed E-state index contributed by atoms with van der Waals surface area (Å²) in [4.78, 5) is 26.9. The zero-order valence-electron chi connectivity index (χ0n) is 20.0. The number of likely N-dealkylation sites (tertiary alicyclic amines) is 1. The van der Waals surface area contributed by atoms with Crippen LogP contribution in [-0.4, -0.2) is 67.8 Å². The van der Waals surface area contributed by atoms with Gasteiger partial charge in [0.25, 0.3) is 5.91 Å². The van der Waals surface area contributed by atoms with E-state index in [-0.39, 0.29) is 41.6 Å². The molecule has 5 rings (SSSR count). The maximum absolute atomic E-state index is 14.8. The molecule has 2 unspecified atom stereocenters. The molecule has 1 fully saturated rings. The SMILES string of the molecule is COc1ncc(-c2cc(C(F)(F)F)c3c(N)ncnn23)cc1C(=O)NC1CN(Cc2cccnc2)CC1F. The summed E-state index contributed by atoms with van der Waals surface area (Å²) >= 11 is 0. The number of methoxy groups -OCH3 is 1. The van der Waals surface area contributed by atoms with Gasteiger partial charge in [-0.25, -0.2) is 18.9 Å². The van der Waals surface area contributed by atoms with E-state index in [2.05, 4.69) is 25.4 Å². The van der Waals surface area contributed by atoms with Crippen LogP contribution in [0.3, 0.4) is 0 Å². The summed E-state index contributed by atoms with van der Waals surface area (Å²) in [6, 6.07) is 5.03. The van der Waals surface area contributed by atoms with Crippen LogP contribution >= 0.6 is 0 Å². The largest absolute Gasteiger partial charge is 0.480 e. The third-order valence-electron chi connectivity index (χ3n) is 6.24. The molecule has 2 atom stereocenters. The number of ether oxygens (including phenoxy) is 1. The van der Waals surface area contributed by atoms with Gasteiger partial charge in [0, 0.05) is 43.8 Å². The third kappa shape index (κ3) is 4.81. The molecule has 4 aromatic rings. The van der Waals surface area contributed by atoms with E-state index in [1.54, 1.807) is 18.5 Å². The summed E-state index contributed by atoms with van der Waals surface area (Å²) in [7, 11) is 1.30. The Kier molecular flexibility index (Phi) is 6.57. The summed E-state index contributed by atoms with van der Waals surface area (Å²) in [5.41, 5.74) is 5.22. The minimum Gasteiger partial charge on any atom is -0.480 e. The Balaban J connectivity index is 1.43. The average Bonchev–Trinajstić information content (AvgIpc) is 3.45. The second kappa shape index (κ2) is 9.85. The van der Waals surface area contributed by atoms with E-state index < -0.39 is 35.4 Å². The Morgan fingerprint density at radius 2 is 2.05 bits per heavy atom. The van der Waals surface area contributed by atoms with Crippen LogP contribution in [0.4, 0.5) is 23.4 Å². The maximum Gasteiger partial charge on any atom is 0.418 e. The zero-order chi connectivity index (χ0) is 27.0. The van der Waals surface area contributed by atoms with E-state index in [1.807, 2.05) is 11.0 Å². The van der Waals surface area contributed by atoms with Crippen LogP contribution in [0.15, 0.2) is 49.2 Å². The number of anilines is 1. The van der Waals surface area contributed by atoms with E-state index in [0.29, 0.717) is 6.54 Å². The van der Waals surface area contributed by atoms with Gasteiger partial charge in [-0.05, 0) is 23.8 Å². The summed E-state index contributed by atoms with van der Waals surface area (Å²) in [5.74, 6) is -1.11. The molecule has 5 heterocycles. The predicted molar refractivity (Wildman–Crippen MR) is 128 cm³/mol. The zero-order valence-corrected chi connectivity index (χ0v) is 20.0. The van der Waals surface area contributed by atoms with E-state index in [4.69, 9.17) is 10.5 Å². The first-order valence-electron chi connectivity index (χ1n) is 11.5. The van der Waals surface area contributed by atoms with Crippen LogP contribution in [0, 0.1) is 0 Å². The topological polar surface area (TPSA) is 124 Å². The first kappa shape index (κ1) is 25.3. The van der Waals surface area contributed by atoms with Crippen LogP contribution in [0.2, 0.25) is 0 Å². The predicted octanol–water partition coefficient (Wildman–Crippen LogP) is 2.75. The number of nitrogens with zero attached hydrogens (tertiary/aromatic N) is 6. The van der Waals surface area contributed by atoms with E-state index in [9.17, 15) is 22.4 Å². The number of nitrogens with one attached hydrogen (secondary N) is 1. The molecule has 0 aliphatic carbocycles. The van der Waals surface area contributed by atoms with Crippen molar-refractivity contribution in [1.82, 2.24) is 34.8 Å². The Morgan fingerprint density at radius 3 is 2.76 bits per heavy atom. The van der Waals surface area contributed by atoms with Crippen molar-refractivity contribution in [3.8, 4) is 17.1 Å². The monoisotopic (exact) mass is 530 g/mol. The Bertz CT molecular complexity index is 1480. The number of aromatic nitrogens is 5. The Labute approximate surface area is 213 Å². The minimum atomic E-state index is -4.73. The number of nitrogen functional groups attached to an aromatic ring is 1. The van der Waals surface area contributed by atoms with Gasteiger partial charge in [-0.1, -0.05) is 6.07 Å². The van der Waals surface area contributed by atoms with Gasteiger partial charge >= 0.3 is 6.18 Å². The lowest BCUT2D eigenvalue weighted by Gasteiger charge is -2.17. The van der Waals surface area contributed by atoms with Crippen LogP contribution in [-0.2, 0) is 12.7 Å². The standard InChI is InChI=1S/C24H22F4N8O2/c1-38-23-15(22(37)34-18-11-35(10-17(18)25)9-13-3-2-4-30-7-13)5-14(8-31-23)19-6-16(24(26,27)28)20-21(29)32-12-33-36(19)20/h2-8,12,17-18H,9-11H2,1H3,(H,34,37)(H2,29,32,33). The molecule has 3 N–H and O–H groups in total. The number of nitrogens with two attached hydrogens (primary N) is 1. The molecular weight excluding hydrogens is 508 g/mol. The highest BCUT2D eigenvalue weighted by molar-refractivity contribution is 5.98. The third-order valence-corrected chi connectivity index (χ3v) is 6.24. The number of halogens is 4. The molecule has 198 valence electrons. The summed E-state index contributed by atoms with van der Waals surface area (Å²) in [5, 5.41) is 6.58. The molecule has 1 saturated heterocycles. The normalized spacial score (nSPS) is 18.1. The van der Waals surface area contributed by atoms with Gasteiger partial charge in [0.15, 0.2) is 5.82 Å². The quantitative estimate of drug-likeness (QED) is 0.365. The van der Waals surface area contributed by atoms with Crippen molar-refractivity contribution in [2.45, 2.75) is 24.9 Å². The van der Waals surface area contributed by atoms with Gasteiger partial charge in [0.1, 0.15) is 23.6 Å². The second-order valence-corrected chi connectivity index (χ2v) is 8.78. The molecule has 0 aromatic carbocycles. The van der Waals surface area contributed by atoms with Crippen LogP contribution in [0.5, 0.6) is 5.88 Å². The number of pyridine rings is 2. The lowest BCUT2D eigenvalue weighted by molar-refractivity contribution is -0.136. The number of hydrogen-bond donors (Lipinski definition) is 2. The first-order chi connectivity index (χ1) is 18.2. The molecule has 10 nitrogen and oxygen atoms in total. The molecule has 1 aliphatic heterocycles. The van der Waals surface area contributed by atoms with Crippen molar-refractivity contribution in [1.29, 1.82) is 0 Å². The highest BCUT2D eigenvalue weighted by Gasteiger charge is 2.37. The number of hydrogen-bond acceptors (Lipinski definition) is 8. The summed E-state index contributed by atoms with van der Waals surface area (Å²) in [6.07, 6.45) is -0.458. The Hall–Kier alpha value is -4.33. The van der Waals surface area contributed by atoms with Crippen LogP contribution in [0.25, 0.3) is 16.8 Å². The van der Waals surface area contributed by atoms with Crippen molar-refractivity contribution in [3.63, 3.8) is 0 Å². The molecule has 38 heavy (non-hydrogen) atoms. The lowest BCUT2D eigenvalue weighted by atomic mass is 10.1. The fourth-order valence-electron chi connectivity index (χ4n) is 4.51. The Morgan fingerprint density at radius 1 is 1.24 bits per heavy atom. The first-order valence-corrected chi connectivity index (χ1v) is 11.5. The fourth-order valence-corrected chi connectivity index (χ4v) is 4.51. The second-order valence-electron chi connectivity index (χ2n) is 8.78. The number of fused-ring (bicyclic) bond motifs is 1. The van der Waals surface area contributed by atoms with Gasteiger partial charge in [-0.3, -0.25) is 14.7 Å². The molecule has 0 radical (unpaired) electrons. The van der Waals surface area contributed by atoms with Crippen molar-refractivity contribution in [2.24, 2.45) is 0 Å². The fraction of sp³-hybridized carbons (Fsp3) is 0.292. The van der Waals surface area contributed by atoms with E-state index in [1.165, 1.54) is 19.4 Å². The minimum absolute atomic E-state index is 0.0162. The average molecular weight is 530 g/mol. The number of alkyl halides is 4. The van der Waals surface area contributed by atoms with Crippen molar-refractivity contribution in [3.05, 3.63) is 65.9 Å². The van der Waals surface area contributed by atoms with Gasteiger partial charge < -0.3 is 15.8 Å². The molecule has 0 spiro atoms. The molecule has 4 aromatic heterocycles. The number of carbonyl (C=O) groups is 1. The number of carbonyl (C=O) groups excluding carboxylic acids is 1. The smallest absolute Gasteiger partial charge is 0.418 e. The van der Waals surface area contributed by atoms with E-state index in [0.717, 1.165) is 22.5 Å². The molecule has 0 saturated carbocycles. The number of amides is 1.